The lowest BCUT2D eigenvalue weighted by molar-refractivity contribution is 0.562. The lowest BCUT2D eigenvalue weighted by Gasteiger charge is -2.03. The first-order chi connectivity index (χ1) is 9.70. The zero-order valence-corrected chi connectivity index (χ0v) is 15.2. The molecule has 0 spiro atoms. The molecule has 0 rings (SSSR count). The molecule has 0 fully saturated rings. The van der Waals surface area contributed by atoms with Crippen molar-refractivity contribution >= 4 is 21.6 Å². The summed E-state index contributed by atoms with van der Waals surface area (Å²) >= 11 is 0. The predicted octanol–water partition coefficient (Wildman–Crippen LogP) is 4.42. The van der Waals surface area contributed by atoms with Crippen molar-refractivity contribution in [2.45, 2.75) is 78.1 Å². The van der Waals surface area contributed by atoms with E-state index in [1.54, 1.807) is 0 Å². The predicted molar refractivity (Wildman–Crippen MR) is 93.3 cm³/mol. The smallest absolute Gasteiger partial charge is 0.0350 e. The molecule has 122 valence electrons. The van der Waals surface area contributed by atoms with E-state index < -0.39 is 21.6 Å². The lowest BCUT2D eigenvalue weighted by atomic mass is 10.1. The number of hydrogen-bond donors (Lipinski definition) is 0. The molecule has 0 aliphatic rings. The van der Waals surface area contributed by atoms with Crippen LogP contribution in [0.2, 0.25) is 0 Å². The summed E-state index contributed by atoms with van der Waals surface area (Å²) in [6.07, 6.45) is 13.1. The van der Waals surface area contributed by atoms with Crippen LogP contribution in [0.15, 0.2) is 0 Å². The van der Waals surface area contributed by atoms with Crippen LogP contribution in [-0.2, 0) is 21.6 Å². The van der Waals surface area contributed by atoms with E-state index in [0.29, 0.717) is 17.3 Å². The SMILES string of the molecule is CCCCCCCCCCCCS(=O)CCS(=O)CC. The molecule has 4 heteroatoms. The van der Waals surface area contributed by atoms with Gasteiger partial charge in [0.1, 0.15) is 0 Å². The monoisotopic (exact) mass is 322 g/mol. The van der Waals surface area contributed by atoms with Gasteiger partial charge >= 0.3 is 0 Å². The molecule has 0 saturated carbocycles. The van der Waals surface area contributed by atoms with E-state index in [-0.39, 0.29) is 0 Å². The summed E-state index contributed by atoms with van der Waals surface area (Å²) in [6, 6.07) is 0. The average molecular weight is 323 g/mol. The molecule has 0 amide bonds. The Hall–Kier alpha value is 0.300. The molecular formula is C16H34O2S2. The van der Waals surface area contributed by atoms with Crippen molar-refractivity contribution in [1.82, 2.24) is 0 Å². The first-order valence-corrected chi connectivity index (χ1v) is 11.4. The fourth-order valence-corrected chi connectivity index (χ4v) is 4.69. The van der Waals surface area contributed by atoms with Crippen molar-refractivity contribution in [2.24, 2.45) is 0 Å². The third kappa shape index (κ3) is 14.7. The third-order valence-corrected chi connectivity index (χ3v) is 6.55. The Bertz CT molecular complexity index is 255. The van der Waals surface area contributed by atoms with Crippen LogP contribution >= 0.6 is 0 Å². The van der Waals surface area contributed by atoms with E-state index in [4.69, 9.17) is 0 Å². The summed E-state index contributed by atoms with van der Waals surface area (Å²) in [6.45, 7) is 4.17. The maximum atomic E-state index is 11.7. The second-order valence-electron chi connectivity index (χ2n) is 5.46. The van der Waals surface area contributed by atoms with Crippen molar-refractivity contribution < 1.29 is 8.42 Å². The van der Waals surface area contributed by atoms with Crippen LogP contribution in [0.4, 0.5) is 0 Å². The molecular weight excluding hydrogens is 288 g/mol. The Morgan fingerprint density at radius 1 is 0.550 bits per heavy atom. The molecule has 2 nitrogen and oxygen atoms in total. The average Bonchev–Trinajstić information content (AvgIpc) is 2.46. The van der Waals surface area contributed by atoms with Gasteiger partial charge in [0.25, 0.3) is 0 Å². The van der Waals surface area contributed by atoms with Gasteiger partial charge in [-0.3, -0.25) is 8.42 Å². The number of hydrogen-bond acceptors (Lipinski definition) is 2. The van der Waals surface area contributed by atoms with Crippen LogP contribution in [0.5, 0.6) is 0 Å². The Morgan fingerprint density at radius 3 is 1.50 bits per heavy atom. The Labute approximate surface area is 131 Å². The van der Waals surface area contributed by atoms with Gasteiger partial charge in [-0.1, -0.05) is 71.6 Å². The van der Waals surface area contributed by atoms with Gasteiger partial charge in [-0.2, -0.15) is 0 Å². The summed E-state index contributed by atoms with van der Waals surface area (Å²) in [5.41, 5.74) is 0. The Balaban J connectivity index is 3.19. The van der Waals surface area contributed by atoms with Crippen LogP contribution in [0.25, 0.3) is 0 Å². The van der Waals surface area contributed by atoms with Crippen molar-refractivity contribution in [3.05, 3.63) is 0 Å². The molecule has 0 aromatic carbocycles. The molecule has 0 N–H and O–H groups in total. The quantitative estimate of drug-likeness (QED) is 0.418. The molecule has 0 radical (unpaired) electrons. The van der Waals surface area contributed by atoms with Crippen molar-refractivity contribution in [3.63, 3.8) is 0 Å². The minimum atomic E-state index is -0.756. The summed E-state index contributed by atoms with van der Waals surface area (Å²) in [7, 11) is -1.50. The van der Waals surface area contributed by atoms with E-state index in [2.05, 4.69) is 6.92 Å². The highest BCUT2D eigenvalue weighted by molar-refractivity contribution is 7.88. The highest BCUT2D eigenvalue weighted by Crippen LogP contribution is 2.10. The summed E-state index contributed by atoms with van der Waals surface area (Å²) in [5.74, 6) is 2.73. The number of rotatable bonds is 15. The van der Waals surface area contributed by atoms with E-state index in [9.17, 15) is 8.42 Å². The third-order valence-electron chi connectivity index (χ3n) is 3.59. The molecule has 0 bridgehead atoms. The van der Waals surface area contributed by atoms with Crippen molar-refractivity contribution in [3.8, 4) is 0 Å². The molecule has 0 aromatic rings. The fraction of sp³-hybridized carbons (Fsp3) is 1.00. The molecule has 0 heterocycles. The van der Waals surface area contributed by atoms with Gasteiger partial charge in [0.15, 0.2) is 0 Å². The van der Waals surface area contributed by atoms with Crippen LogP contribution < -0.4 is 0 Å². The highest BCUT2D eigenvalue weighted by Gasteiger charge is 2.02. The molecule has 0 aromatic heterocycles. The van der Waals surface area contributed by atoms with Gasteiger partial charge in [0, 0.05) is 44.6 Å². The van der Waals surface area contributed by atoms with Gasteiger partial charge < -0.3 is 0 Å². The maximum Gasteiger partial charge on any atom is 0.0350 e. The van der Waals surface area contributed by atoms with E-state index in [1.807, 2.05) is 6.92 Å². The van der Waals surface area contributed by atoms with Gasteiger partial charge in [-0.05, 0) is 6.42 Å². The molecule has 20 heavy (non-hydrogen) atoms. The van der Waals surface area contributed by atoms with Gasteiger partial charge in [0.05, 0.1) is 0 Å². The Kier molecular flexibility index (Phi) is 15.9. The minimum Gasteiger partial charge on any atom is -0.260 e. The zero-order valence-electron chi connectivity index (χ0n) is 13.5. The second-order valence-corrected chi connectivity index (χ2v) is 9.02. The molecule has 2 atom stereocenters. The first-order valence-electron chi connectivity index (χ1n) is 8.40. The van der Waals surface area contributed by atoms with Crippen molar-refractivity contribution in [1.29, 1.82) is 0 Å². The maximum absolute atomic E-state index is 11.7. The normalized spacial score (nSPS) is 14.3. The Morgan fingerprint density at radius 2 is 1.00 bits per heavy atom. The molecule has 2 unspecified atom stereocenters. The van der Waals surface area contributed by atoms with Crippen LogP contribution in [0.1, 0.15) is 78.1 Å². The number of unbranched alkanes of at least 4 members (excludes halogenated alkanes) is 9. The van der Waals surface area contributed by atoms with Gasteiger partial charge in [-0.25, -0.2) is 0 Å². The second kappa shape index (κ2) is 15.7. The summed E-state index contributed by atoms with van der Waals surface area (Å²) in [4.78, 5) is 0. The fourth-order valence-electron chi connectivity index (χ4n) is 2.18. The highest BCUT2D eigenvalue weighted by atomic mass is 32.2. The van der Waals surface area contributed by atoms with Crippen LogP contribution in [-0.4, -0.2) is 31.4 Å². The topological polar surface area (TPSA) is 34.1 Å². The van der Waals surface area contributed by atoms with E-state index in [1.165, 1.54) is 57.8 Å². The largest absolute Gasteiger partial charge is 0.260 e. The molecule has 0 saturated heterocycles. The van der Waals surface area contributed by atoms with Crippen LogP contribution in [0, 0.1) is 0 Å². The van der Waals surface area contributed by atoms with Gasteiger partial charge in [0.2, 0.25) is 0 Å². The van der Waals surface area contributed by atoms with Crippen LogP contribution in [0.3, 0.4) is 0 Å². The van der Waals surface area contributed by atoms with E-state index in [0.717, 1.165) is 12.2 Å². The zero-order chi connectivity index (χ0) is 15.1. The minimum absolute atomic E-state index is 0.612. The summed E-state index contributed by atoms with van der Waals surface area (Å²) < 4.78 is 22.9. The first kappa shape index (κ1) is 20.3. The molecule has 0 aliphatic heterocycles. The lowest BCUT2D eigenvalue weighted by Crippen LogP contribution is -2.11. The van der Waals surface area contributed by atoms with Gasteiger partial charge in [-0.15, -0.1) is 0 Å². The van der Waals surface area contributed by atoms with E-state index >= 15 is 0 Å². The standard InChI is InChI=1S/C16H34O2S2/c1-3-5-6-7-8-9-10-11-12-13-14-20(18)16-15-19(17)4-2/h3-16H2,1-2H3. The summed E-state index contributed by atoms with van der Waals surface area (Å²) in [5, 5.41) is 0. The van der Waals surface area contributed by atoms with Crippen molar-refractivity contribution in [2.75, 3.05) is 23.0 Å². The molecule has 0 aliphatic carbocycles.